The van der Waals surface area contributed by atoms with Gasteiger partial charge in [-0.2, -0.15) is 0 Å². The number of nitrogens with zero attached hydrogens (tertiary/aromatic N) is 2. The van der Waals surface area contributed by atoms with Crippen molar-refractivity contribution in [3.63, 3.8) is 0 Å². The number of fused-ring (bicyclic) bond motifs is 1. The zero-order valence-electron chi connectivity index (χ0n) is 16.7. The number of rotatable bonds is 6. The van der Waals surface area contributed by atoms with Gasteiger partial charge in [-0.3, -0.25) is 4.98 Å². The summed E-state index contributed by atoms with van der Waals surface area (Å²) in [6.07, 6.45) is 1.60. The van der Waals surface area contributed by atoms with E-state index in [1.165, 1.54) is 24.3 Å². The first-order valence-corrected chi connectivity index (χ1v) is 12.4. The Morgan fingerprint density at radius 3 is 1.84 bits per heavy atom. The van der Waals surface area contributed by atoms with Gasteiger partial charge in [0.05, 0.1) is 21.9 Å². The lowest BCUT2D eigenvalue weighted by molar-refractivity contribution is 0.495. The van der Waals surface area contributed by atoms with Crippen molar-refractivity contribution in [2.75, 3.05) is 0 Å². The van der Waals surface area contributed by atoms with Crippen LogP contribution in [-0.4, -0.2) is 25.5 Å². The van der Waals surface area contributed by atoms with Crippen molar-refractivity contribution in [3.8, 4) is 0 Å². The van der Waals surface area contributed by atoms with Gasteiger partial charge in [-0.25, -0.2) is 16.8 Å². The summed E-state index contributed by atoms with van der Waals surface area (Å²) >= 11 is 0. The highest BCUT2D eigenvalue weighted by Gasteiger charge is 2.37. The quantitative estimate of drug-likeness (QED) is 0.439. The minimum atomic E-state index is -4.37. The largest absolute Gasteiger partial charge is 0.256 e. The molecule has 0 bridgehead atoms. The molecule has 0 aliphatic carbocycles. The fraction of sp³-hybridized carbons (Fsp3) is 0.0870. The van der Waals surface area contributed by atoms with E-state index in [2.05, 4.69) is 4.98 Å². The molecule has 8 heteroatoms. The maximum absolute atomic E-state index is 13.5. The molecule has 0 fully saturated rings. The van der Waals surface area contributed by atoms with Crippen LogP contribution in [0.15, 0.2) is 101 Å². The molecule has 0 spiro atoms. The smallest absolute Gasteiger partial charge is 0.256 e. The van der Waals surface area contributed by atoms with Crippen LogP contribution in [-0.2, 0) is 26.6 Å². The van der Waals surface area contributed by atoms with Gasteiger partial charge in [0.25, 0.3) is 20.0 Å². The number of hydrogen-bond acceptors (Lipinski definition) is 5. The van der Waals surface area contributed by atoms with Crippen LogP contribution in [0.2, 0.25) is 0 Å². The van der Waals surface area contributed by atoms with Crippen LogP contribution in [0.3, 0.4) is 0 Å². The number of benzene rings is 3. The van der Waals surface area contributed by atoms with Crippen molar-refractivity contribution >= 4 is 30.9 Å². The maximum Gasteiger partial charge on any atom is 0.256 e. The van der Waals surface area contributed by atoms with Gasteiger partial charge < -0.3 is 0 Å². The van der Waals surface area contributed by atoms with Gasteiger partial charge in [0.15, 0.2) is 0 Å². The monoisotopic (exact) mass is 452 g/mol. The van der Waals surface area contributed by atoms with Gasteiger partial charge in [0.1, 0.15) is 0 Å². The fourth-order valence-electron chi connectivity index (χ4n) is 3.41. The van der Waals surface area contributed by atoms with Gasteiger partial charge in [0.2, 0.25) is 0 Å². The molecule has 0 aliphatic heterocycles. The van der Waals surface area contributed by atoms with Gasteiger partial charge in [-0.1, -0.05) is 57.8 Å². The van der Waals surface area contributed by atoms with Gasteiger partial charge in [0, 0.05) is 11.6 Å². The minimum Gasteiger partial charge on any atom is -0.256 e. The molecular weight excluding hydrogens is 432 g/mol. The third kappa shape index (κ3) is 4.10. The standard InChI is InChI=1S/C23H20N2O4S2/c1-18-15-19-9-8-14-24-23(19)20(16-18)17-25(30(26,27)21-10-4-2-5-11-21)31(28,29)22-12-6-3-7-13-22/h2-16H,17H2,1H3. The lowest BCUT2D eigenvalue weighted by Crippen LogP contribution is -2.36. The highest BCUT2D eigenvalue weighted by atomic mass is 32.3. The molecule has 0 N–H and O–H groups in total. The molecule has 1 aromatic heterocycles. The highest BCUT2D eigenvalue weighted by molar-refractivity contribution is 8.04. The molecular formula is C23H20N2O4S2. The molecule has 1 heterocycles. The van der Waals surface area contributed by atoms with E-state index in [0.29, 0.717) is 14.8 Å². The van der Waals surface area contributed by atoms with Crippen LogP contribution in [0.1, 0.15) is 11.1 Å². The first-order valence-electron chi connectivity index (χ1n) is 9.52. The zero-order chi connectivity index (χ0) is 22.1. The van der Waals surface area contributed by atoms with Crippen LogP contribution in [0.4, 0.5) is 0 Å². The van der Waals surface area contributed by atoms with E-state index >= 15 is 0 Å². The average Bonchev–Trinajstić information content (AvgIpc) is 2.78. The molecule has 0 amide bonds. The highest BCUT2D eigenvalue weighted by Crippen LogP contribution is 2.29. The van der Waals surface area contributed by atoms with E-state index in [9.17, 15) is 16.8 Å². The van der Waals surface area contributed by atoms with E-state index in [-0.39, 0.29) is 16.3 Å². The van der Waals surface area contributed by atoms with E-state index < -0.39 is 20.0 Å². The number of pyridine rings is 1. The molecule has 4 aromatic rings. The lowest BCUT2D eigenvalue weighted by Gasteiger charge is -2.23. The Labute approximate surface area is 181 Å². The predicted octanol–water partition coefficient (Wildman–Crippen LogP) is 4.12. The van der Waals surface area contributed by atoms with Crippen molar-refractivity contribution in [2.45, 2.75) is 23.3 Å². The molecule has 158 valence electrons. The Hall–Kier alpha value is -3.07. The zero-order valence-corrected chi connectivity index (χ0v) is 18.3. The summed E-state index contributed by atoms with van der Waals surface area (Å²) in [7, 11) is -8.74. The van der Waals surface area contributed by atoms with E-state index in [4.69, 9.17) is 0 Å². The third-order valence-corrected chi connectivity index (χ3v) is 9.09. The van der Waals surface area contributed by atoms with Gasteiger partial charge in [-0.05, 0) is 48.9 Å². The van der Waals surface area contributed by atoms with Crippen molar-refractivity contribution in [1.82, 2.24) is 8.69 Å². The van der Waals surface area contributed by atoms with Crippen LogP contribution in [0.5, 0.6) is 0 Å². The molecule has 0 radical (unpaired) electrons. The third-order valence-electron chi connectivity index (χ3n) is 4.85. The van der Waals surface area contributed by atoms with E-state index in [1.54, 1.807) is 54.7 Å². The summed E-state index contributed by atoms with van der Waals surface area (Å²) < 4.78 is 54.6. The molecule has 4 rings (SSSR count). The Balaban J connectivity index is 1.93. The van der Waals surface area contributed by atoms with Gasteiger partial charge >= 0.3 is 0 Å². The Kier molecular flexibility index (Phi) is 5.62. The van der Waals surface area contributed by atoms with Crippen LogP contribution < -0.4 is 0 Å². The molecule has 0 atom stereocenters. The Morgan fingerprint density at radius 1 is 0.742 bits per heavy atom. The first-order chi connectivity index (χ1) is 14.8. The molecule has 0 saturated carbocycles. The lowest BCUT2D eigenvalue weighted by atomic mass is 10.1. The second-order valence-corrected chi connectivity index (χ2v) is 11.0. The molecule has 31 heavy (non-hydrogen) atoms. The Bertz CT molecular complexity index is 1370. The number of aromatic nitrogens is 1. The number of hydrogen-bond donors (Lipinski definition) is 0. The molecule has 0 aliphatic rings. The minimum absolute atomic E-state index is 0.0978. The molecule has 0 unspecified atom stereocenters. The fourth-order valence-corrected chi connectivity index (χ4v) is 7.05. The van der Waals surface area contributed by atoms with Crippen LogP contribution >= 0.6 is 0 Å². The van der Waals surface area contributed by atoms with Crippen molar-refractivity contribution < 1.29 is 16.8 Å². The summed E-state index contributed by atoms with van der Waals surface area (Å²) in [5, 5.41) is 0.812. The summed E-state index contributed by atoms with van der Waals surface area (Å²) in [5.41, 5.74) is 1.95. The van der Waals surface area contributed by atoms with Crippen molar-refractivity contribution in [2.24, 2.45) is 0 Å². The second-order valence-electron chi connectivity index (χ2n) is 7.07. The number of sulfonamides is 2. The van der Waals surface area contributed by atoms with Crippen molar-refractivity contribution in [3.05, 3.63) is 102 Å². The SMILES string of the molecule is Cc1cc(CN(S(=O)(=O)c2ccccc2)S(=O)(=O)c2ccccc2)c2ncccc2c1. The average molecular weight is 453 g/mol. The first kappa shape index (κ1) is 21.2. The van der Waals surface area contributed by atoms with Crippen LogP contribution in [0, 0.1) is 6.92 Å². The summed E-state index contributed by atoms with van der Waals surface area (Å²) in [4.78, 5) is 4.17. The van der Waals surface area contributed by atoms with Crippen molar-refractivity contribution in [1.29, 1.82) is 0 Å². The number of aryl methyl sites for hydroxylation is 1. The molecule has 3 aromatic carbocycles. The second kappa shape index (κ2) is 8.22. The van der Waals surface area contributed by atoms with E-state index in [0.717, 1.165) is 10.9 Å². The Morgan fingerprint density at radius 2 is 1.29 bits per heavy atom. The summed E-state index contributed by atoms with van der Waals surface area (Å²) in [5.74, 6) is 0. The predicted molar refractivity (Wildman–Crippen MR) is 119 cm³/mol. The maximum atomic E-state index is 13.5. The van der Waals surface area contributed by atoms with E-state index in [1.807, 2.05) is 19.1 Å². The molecule has 6 nitrogen and oxygen atoms in total. The van der Waals surface area contributed by atoms with Crippen LogP contribution in [0.25, 0.3) is 10.9 Å². The summed E-state index contributed by atoms with van der Waals surface area (Å²) in [6.45, 7) is 1.50. The summed E-state index contributed by atoms with van der Waals surface area (Å²) in [6, 6.07) is 22.5. The topological polar surface area (TPSA) is 84.4 Å². The normalized spacial score (nSPS) is 12.3. The van der Waals surface area contributed by atoms with Gasteiger partial charge in [-0.15, -0.1) is 0 Å². The molecule has 0 saturated heterocycles.